The highest BCUT2D eigenvalue weighted by molar-refractivity contribution is 7.88. The van der Waals surface area contributed by atoms with Crippen molar-refractivity contribution in [1.82, 2.24) is 5.32 Å². The summed E-state index contributed by atoms with van der Waals surface area (Å²) in [5.74, 6) is -3.07. The first-order chi connectivity index (χ1) is 12.8. The maximum absolute atomic E-state index is 11.5. The summed E-state index contributed by atoms with van der Waals surface area (Å²) in [6.45, 7) is 2.44. The van der Waals surface area contributed by atoms with Crippen molar-refractivity contribution < 1.29 is 27.7 Å². The first kappa shape index (κ1) is 25.9. The maximum Gasteiger partial charge on any atom is 0.334 e. The smallest absolute Gasteiger partial charge is 0.334 e. The van der Waals surface area contributed by atoms with Crippen LogP contribution in [0.5, 0.6) is 0 Å². The van der Waals surface area contributed by atoms with E-state index in [9.17, 15) is 18.0 Å². The Morgan fingerprint density at radius 2 is 1.15 bits per heavy atom. The molecule has 7 nitrogen and oxygen atoms in total. The molecule has 8 heteroatoms. The Balaban J connectivity index is 3.50. The van der Waals surface area contributed by atoms with Gasteiger partial charge in [0.1, 0.15) is 0 Å². The second kappa shape index (κ2) is 15.9. The van der Waals surface area contributed by atoms with Crippen LogP contribution in [0.2, 0.25) is 0 Å². The van der Waals surface area contributed by atoms with Crippen molar-refractivity contribution in [2.75, 3.05) is 6.54 Å². The lowest BCUT2D eigenvalue weighted by molar-refractivity contribution is -0.140. The highest BCUT2D eigenvalue weighted by atomic mass is 32.2. The number of amides is 1. The third kappa shape index (κ3) is 14.6. The fraction of sp³-hybridized carbons (Fsp3) is 0.895. The van der Waals surface area contributed by atoms with Gasteiger partial charge in [0.25, 0.3) is 21.3 Å². The summed E-state index contributed by atoms with van der Waals surface area (Å²) >= 11 is 0. The third-order valence-corrected chi connectivity index (χ3v) is 5.60. The first-order valence-electron chi connectivity index (χ1n) is 10.3. The highest BCUT2D eigenvalue weighted by Crippen LogP contribution is 2.12. The normalized spacial score (nSPS) is 12.7. The van der Waals surface area contributed by atoms with Crippen LogP contribution in [0.25, 0.3) is 0 Å². The van der Waals surface area contributed by atoms with Gasteiger partial charge in [0.15, 0.2) is 0 Å². The molecule has 0 aromatic heterocycles. The number of nitrogens with one attached hydrogen (secondary N) is 1. The molecule has 0 rings (SSSR count). The first-order valence-corrected chi connectivity index (χ1v) is 11.8. The van der Waals surface area contributed by atoms with E-state index in [-0.39, 0.29) is 6.54 Å². The van der Waals surface area contributed by atoms with Gasteiger partial charge in [-0.25, -0.2) is 0 Å². The Hall–Kier alpha value is -1.15. The summed E-state index contributed by atoms with van der Waals surface area (Å²) in [6.07, 6.45) is 16.8. The molecule has 0 heterocycles. The quantitative estimate of drug-likeness (QED) is 0.180. The molecule has 27 heavy (non-hydrogen) atoms. The lowest BCUT2D eigenvalue weighted by Crippen LogP contribution is -2.45. The van der Waals surface area contributed by atoms with Crippen LogP contribution in [0.3, 0.4) is 0 Å². The molecule has 0 aromatic rings. The van der Waals surface area contributed by atoms with Gasteiger partial charge in [-0.3, -0.25) is 14.1 Å². The van der Waals surface area contributed by atoms with Crippen molar-refractivity contribution in [2.24, 2.45) is 0 Å². The van der Waals surface area contributed by atoms with Crippen molar-refractivity contribution in [3.05, 3.63) is 0 Å². The third-order valence-electron chi connectivity index (χ3n) is 4.59. The summed E-state index contributed by atoms with van der Waals surface area (Å²) in [7, 11) is -4.95. The maximum atomic E-state index is 11.5. The molecule has 0 aliphatic carbocycles. The van der Waals surface area contributed by atoms with Crippen molar-refractivity contribution in [2.45, 2.75) is 102 Å². The molecule has 0 aliphatic rings. The van der Waals surface area contributed by atoms with Crippen LogP contribution in [0, 0.1) is 0 Å². The van der Waals surface area contributed by atoms with Gasteiger partial charge in [-0.1, -0.05) is 90.4 Å². The minimum Gasteiger partial charge on any atom is -0.480 e. The van der Waals surface area contributed by atoms with Gasteiger partial charge in [0, 0.05) is 6.54 Å². The molecule has 0 saturated carbocycles. The SMILES string of the molecule is CCCCCCCCCCCCCCCCNC(=O)C(C(=O)O)S(=O)(=O)O. The van der Waals surface area contributed by atoms with E-state index in [0.29, 0.717) is 6.42 Å². The molecule has 0 bridgehead atoms. The van der Waals surface area contributed by atoms with Crippen molar-refractivity contribution >= 4 is 22.0 Å². The van der Waals surface area contributed by atoms with E-state index in [1.807, 2.05) is 0 Å². The van der Waals surface area contributed by atoms with Crippen LogP contribution in [0.15, 0.2) is 0 Å². The van der Waals surface area contributed by atoms with Gasteiger partial charge in [0.05, 0.1) is 0 Å². The van der Waals surface area contributed by atoms with E-state index in [1.165, 1.54) is 64.2 Å². The molecular weight excluding hydrogens is 370 g/mol. The molecule has 0 aromatic carbocycles. The van der Waals surface area contributed by atoms with Gasteiger partial charge in [-0.15, -0.1) is 0 Å². The van der Waals surface area contributed by atoms with E-state index >= 15 is 0 Å². The zero-order chi connectivity index (χ0) is 20.5. The predicted octanol–water partition coefficient (Wildman–Crippen LogP) is 3.92. The molecular formula is C19H37NO6S. The summed E-state index contributed by atoms with van der Waals surface area (Å²) in [4.78, 5) is 22.3. The highest BCUT2D eigenvalue weighted by Gasteiger charge is 2.38. The standard InChI is InChI=1S/C19H37NO6S/c1-2-3-4-5-6-7-8-9-10-11-12-13-14-15-16-20-18(21)17(19(22)23)27(24,25)26/h17H,2-16H2,1H3,(H,20,21)(H,22,23)(H,24,25,26). The number of carboxylic acid groups (broad SMARTS) is 1. The second-order valence-electron chi connectivity index (χ2n) is 7.12. The monoisotopic (exact) mass is 407 g/mol. The number of carboxylic acids is 1. The molecule has 1 amide bonds. The second-order valence-corrected chi connectivity index (χ2v) is 8.62. The number of rotatable bonds is 18. The number of hydrogen-bond donors (Lipinski definition) is 3. The summed E-state index contributed by atoms with van der Waals surface area (Å²) in [5, 5.41) is 8.51. The van der Waals surface area contributed by atoms with E-state index in [0.717, 1.165) is 19.3 Å². The molecule has 0 saturated heterocycles. The Labute approximate surface area is 164 Å². The van der Waals surface area contributed by atoms with Crippen LogP contribution in [0.1, 0.15) is 96.8 Å². The average Bonchev–Trinajstić information content (AvgIpc) is 2.56. The average molecular weight is 408 g/mol. The van der Waals surface area contributed by atoms with Gasteiger partial charge >= 0.3 is 5.97 Å². The van der Waals surface area contributed by atoms with Crippen LogP contribution in [-0.2, 0) is 19.7 Å². The molecule has 0 radical (unpaired) electrons. The molecule has 0 fully saturated rings. The number of carbonyl (C=O) groups excluding carboxylic acids is 1. The van der Waals surface area contributed by atoms with E-state index in [4.69, 9.17) is 9.66 Å². The summed E-state index contributed by atoms with van der Waals surface area (Å²) < 4.78 is 30.6. The minimum absolute atomic E-state index is 0.205. The molecule has 3 N–H and O–H groups in total. The van der Waals surface area contributed by atoms with Gasteiger partial charge in [-0.2, -0.15) is 8.42 Å². The zero-order valence-corrected chi connectivity index (χ0v) is 17.4. The lowest BCUT2D eigenvalue weighted by Gasteiger charge is -2.10. The predicted molar refractivity (Wildman–Crippen MR) is 106 cm³/mol. The van der Waals surface area contributed by atoms with Crippen LogP contribution >= 0.6 is 0 Å². The van der Waals surface area contributed by atoms with Crippen LogP contribution < -0.4 is 5.32 Å². The Bertz CT molecular complexity index is 506. The van der Waals surface area contributed by atoms with Crippen molar-refractivity contribution in [1.29, 1.82) is 0 Å². The topological polar surface area (TPSA) is 121 Å². The summed E-state index contributed by atoms with van der Waals surface area (Å²) in [5.41, 5.74) is 0. The number of aliphatic carboxylic acids is 1. The van der Waals surface area contributed by atoms with Gasteiger partial charge in [0.2, 0.25) is 0 Å². The number of carbonyl (C=O) groups is 2. The number of hydrogen-bond acceptors (Lipinski definition) is 4. The number of unbranched alkanes of at least 4 members (excludes halogenated alkanes) is 13. The minimum atomic E-state index is -4.95. The molecule has 160 valence electrons. The lowest BCUT2D eigenvalue weighted by atomic mass is 10.0. The fourth-order valence-electron chi connectivity index (χ4n) is 3.00. The fourth-order valence-corrected chi connectivity index (χ4v) is 3.61. The zero-order valence-electron chi connectivity index (χ0n) is 16.6. The Kier molecular flexibility index (Phi) is 15.2. The van der Waals surface area contributed by atoms with Gasteiger partial charge < -0.3 is 10.4 Å². The molecule has 1 atom stereocenters. The van der Waals surface area contributed by atoms with Gasteiger partial charge in [-0.05, 0) is 6.42 Å². The van der Waals surface area contributed by atoms with Crippen LogP contribution in [-0.4, -0.2) is 41.7 Å². The summed E-state index contributed by atoms with van der Waals surface area (Å²) in [6, 6.07) is 0. The molecule has 0 aliphatic heterocycles. The Morgan fingerprint density at radius 3 is 1.48 bits per heavy atom. The largest absolute Gasteiger partial charge is 0.480 e. The van der Waals surface area contributed by atoms with E-state index < -0.39 is 27.2 Å². The van der Waals surface area contributed by atoms with E-state index in [2.05, 4.69) is 12.2 Å². The molecule has 1 unspecified atom stereocenters. The van der Waals surface area contributed by atoms with E-state index in [1.54, 1.807) is 0 Å². The Morgan fingerprint density at radius 1 is 0.778 bits per heavy atom. The molecule has 0 spiro atoms. The van der Waals surface area contributed by atoms with Crippen molar-refractivity contribution in [3.63, 3.8) is 0 Å². The van der Waals surface area contributed by atoms with Crippen LogP contribution in [0.4, 0.5) is 0 Å². The van der Waals surface area contributed by atoms with Crippen molar-refractivity contribution in [3.8, 4) is 0 Å².